The number of hydrogen-bond acceptors (Lipinski definition) is 5. The van der Waals surface area contributed by atoms with Gasteiger partial charge >= 0.3 is 0 Å². The van der Waals surface area contributed by atoms with Crippen LogP contribution in [0.4, 0.5) is 10.1 Å². The van der Waals surface area contributed by atoms with Crippen LogP contribution in [0.5, 0.6) is 5.75 Å². The first-order chi connectivity index (χ1) is 15.8. The van der Waals surface area contributed by atoms with E-state index < -0.39 is 40.2 Å². The number of benzene rings is 2. The highest BCUT2D eigenvalue weighted by atomic mass is 35.5. The van der Waals surface area contributed by atoms with Crippen molar-refractivity contribution in [3.63, 3.8) is 0 Å². The third-order valence-electron chi connectivity index (χ3n) is 4.97. The Morgan fingerprint density at radius 2 is 1.74 bits per heavy atom. The van der Waals surface area contributed by atoms with Gasteiger partial charge in [-0.15, -0.1) is 0 Å². The molecule has 2 amide bonds. The number of methoxy groups -OCH3 is 1. The predicted octanol–water partition coefficient (Wildman–Crippen LogP) is 3.20. The number of ether oxygens (including phenoxy) is 1. The molecule has 2 aromatic rings. The third kappa shape index (κ3) is 7.33. The minimum Gasteiger partial charge on any atom is -0.495 e. The summed E-state index contributed by atoms with van der Waals surface area (Å²) in [4.78, 5) is 27.3. The number of sulfonamides is 1. The van der Waals surface area contributed by atoms with Crippen LogP contribution in [0.15, 0.2) is 42.5 Å². The van der Waals surface area contributed by atoms with Crippen molar-refractivity contribution in [1.82, 2.24) is 10.2 Å². The Morgan fingerprint density at radius 1 is 1.12 bits per heavy atom. The van der Waals surface area contributed by atoms with Crippen LogP contribution >= 0.6 is 11.6 Å². The Bertz CT molecular complexity index is 1130. The van der Waals surface area contributed by atoms with Gasteiger partial charge in [-0.2, -0.15) is 0 Å². The number of amides is 2. The van der Waals surface area contributed by atoms with E-state index >= 15 is 0 Å². The number of nitrogens with one attached hydrogen (secondary N) is 1. The van der Waals surface area contributed by atoms with E-state index in [1.807, 2.05) is 0 Å². The summed E-state index contributed by atoms with van der Waals surface area (Å²) in [5.74, 6) is -1.11. The topological polar surface area (TPSA) is 96.0 Å². The molecule has 34 heavy (non-hydrogen) atoms. The molecule has 1 atom stereocenters. The average molecular weight is 514 g/mol. The van der Waals surface area contributed by atoms with Crippen LogP contribution in [-0.2, 0) is 26.2 Å². The Balaban J connectivity index is 2.40. The summed E-state index contributed by atoms with van der Waals surface area (Å²) >= 11 is 6.16. The quantitative estimate of drug-likeness (QED) is 0.526. The maximum atomic E-state index is 13.4. The standard InChI is InChI=1S/C23H29ClFN3O5S/c1-15(2)26-23(30)16(3)27(13-17-6-8-18(25)9-7-17)22(29)14-28(34(5,31)32)19-10-11-21(33-4)20(24)12-19/h6-12,15-16H,13-14H2,1-5H3,(H,26,30)/t16-/m1/s1. The van der Waals surface area contributed by atoms with Gasteiger partial charge in [0, 0.05) is 12.6 Å². The summed E-state index contributed by atoms with van der Waals surface area (Å²) in [6.45, 7) is 4.54. The molecule has 1 N–H and O–H groups in total. The van der Waals surface area contributed by atoms with Gasteiger partial charge in [0.15, 0.2) is 0 Å². The molecule has 0 saturated carbocycles. The lowest BCUT2D eigenvalue weighted by molar-refractivity contribution is -0.139. The highest BCUT2D eigenvalue weighted by Gasteiger charge is 2.30. The fourth-order valence-corrected chi connectivity index (χ4v) is 4.29. The Morgan fingerprint density at radius 3 is 2.24 bits per heavy atom. The number of hydrogen-bond donors (Lipinski definition) is 1. The second kappa shape index (κ2) is 11.5. The largest absolute Gasteiger partial charge is 0.495 e. The van der Waals surface area contributed by atoms with Gasteiger partial charge < -0.3 is 15.0 Å². The number of carbonyl (C=O) groups excluding carboxylic acids is 2. The average Bonchev–Trinajstić information content (AvgIpc) is 2.75. The van der Waals surface area contributed by atoms with E-state index in [9.17, 15) is 22.4 Å². The van der Waals surface area contributed by atoms with E-state index in [0.29, 0.717) is 11.3 Å². The molecule has 0 radical (unpaired) electrons. The van der Waals surface area contributed by atoms with E-state index in [-0.39, 0.29) is 23.3 Å². The Labute approximate surface area is 204 Å². The fraction of sp³-hybridized carbons (Fsp3) is 0.391. The predicted molar refractivity (Wildman–Crippen MR) is 130 cm³/mol. The van der Waals surface area contributed by atoms with Crippen molar-refractivity contribution in [3.8, 4) is 5.75 Å². The van der Waals surface area contributed by atoms with Gasteiger partial charge in [0.1, 0.15) is 24.2 Å². The zero-order valence-corrected chi connectivity index (χ0v) is 21.3. The van der Waals surface area contributed by atoms with E-state index in [4.69, 9.17) is 16.3 Å². The van der Waals surface area contributed by atoms with Gasteiger partial charge in [-0.3, -0.25) is 13.9 Å². The van der Waals surface area contributed by atoms with Gasteiger partial charge in [-0.05, 0) is 56.7 Å². The lowest BCUT2D eigenvalue weighted by Gasteiger charge is -2.32. The Hall–Kier alpha value is -2.85. The SMILES string of the molecule is COc1ccc(N(CC(=O)N(Cc2ccc(F)cc2)[C@H](C)C(=O)NC(C)C)S(C)(=O)=O)cc1Cl. The molecule has 0 unspecified atom stereocenters. The molecule has 11 heteroatoms. The second-order valence-electron chi connectivity index (χ2n) is 8.08. The minimum absolute atomic E-state index is 0.0211. The summed E-state index contributed by atoms with van der Waals surface area (Å²) < 4.78 is 44.5. The molecule has 186 valence electrons. The number of halogens is 2. The monoisotopic (exact) mass is 513 g/mol. The lowest BCUT2D eigenvalue weighted by Crippen LogP contribution is -2.52. The molecule has 2 rings (SSSR count). The molecule has 8 nitrogen and oxygen atoms in total. The number of carbonyl (C=O) groups is 2. The molecule has 0 aliphatic carbocycles. The van der Waals surface area contributed by atoms with Crippen molar-refractivity contribution in [2.24, 2.45) is 0 Å². The molecule has 0 aromatic heterocycles. The zero-order chi connectivity index (χ0) is 25.6. The first-order valence-corrected chi connectivity index (χ1v) is 12.7. The summed E-state index contributed by atoms with van der Waals surface area (Å²) in [5.41, 5.74) is 0.750. The van der Waals surface area contributed by atoms with Crippen molar-refractivity contribution < 1.29 is 27.1 Å². The van der Waals surface area contributed by atoms with Gasteiger partial charge in [0.2, 0.25) is 21.8 Å². The normalized spacial score (nSPS) is 12.2. The summed E-state index contributed by atoms with van der Waals surface area (Å²) in [6, 6.07) is 8.77. The fourth-order valence-electron chi connectivity index (χ4n) is 3.20. The molecule has 0 fully saturated rings. The van der Waals surface area contributed by atoms with Crippen LogP contribution in [0.3, 0.4) is 0 Å². The molecule has 2 aromatic carbocycles. The van der Waals surface area contributed by atoms with Crippen molar-refractivity contribution in [3.05, 3.63) is 58.9 Å². The van der Waals surface area contributed by atoms with Crippen molar-refractivity contribution in [2.45, 2.75) is 39.4 Å². The summed E-state index contributed by atoms with van der Waals surface area (Å²) in [5, 5.41) is 2.93. The third-order valence-corrected chi connectivity index (χ3v) is 6.40. The summed E-state index contributed by atoms with van der Waals surface area (Å²) in [6.07, 6.45) is 0.970. The number of rotatable bonds is 10. The van der Waals surface area contributed by atoms with E-state index in [2.05, 4.69) is 5.32 Å². The molecule has 0 spiro atoms. The van der Waals surface area contributed by atoms with Crippen LogP contribution in [-0.4, -0.2) is 57.1 Å². The van der Waals surface area contributed by atoms with Crippen LogP contribution in [0, 0.1) is 5.82 Å². The van der Waals surface area contributed by atoms with Crippen LogP contribution in [0.2, 0.25) is 5.02 Å². The first kappa shape index (κ1) is 27.4. The molecule has 0 bridgehead atoms. The van der Waals surface area contributed by atoms with Crippen molar-refractivity contribution >= 4 is 39.1 Å². The highest BCUT2D eigenvalue weighted by Crippen LogP contribution is 2.30. The van der Waals surface area contributed by atoms with E-state index in [1.165, 1.54) is 54.5 Å². The molecule has 0 aliphatic heterocycles. The zero-order valence-electron chi connectivity index (χ0n) is 19.7. The van der Waals surface area contributed by atoms with Crippen LogP contribution in [0.25, 0.3) is 0 Å². The Kier molecular flexibility index (Phi) is 9.29. The summed E-state index contributed by atoms with van der Waals surface area (Å²) in [7, 11) is -2.46. The van der Waals surface area contributed by atoms with Crippen LogP contribution < -0.4 is 14.4 Å². The maximum absolute atomic E-state index is 13.4. The van der Waals surface area contributed by atoms with E-state index in [0.717, 1.165) is 10.6 Å². The van der Waals surface area contributed by atoms with Crippen LogP contribution in [0.1, 0.15) is 26.3 Å². The molecular formula is C23H29ClFN3O5S. The second-order valence-corrected chi connectivity index (χ2v) is 10.4. The molecular weight excluding hydrogens is 485 g/mol. The lowest BCUT2D eigenvalue weighted by atomic mass is 10.1. The minimum atomic E-state index is -3.89. The smallest absolute Gasteiger partial charge is 0.244 e. The molecule has 0 aliphatic rings. The number of nitrogens with zero attached hydrogens (tertiary/aromatic N) is 2. The number of anilines is 1. The van der Waals surface area contributed by atoms with Gasteiger partial charge in [0.25, 0.3) is 0 Å². The van der Waals surface area contributed by atoms with Crippen molar-refractivity contribution in [2.75, 3.05) is 24.2 Å². The van der Waals surface area contributed by atoms with Gasteiger partial charge in [-0.25, -0.2) is 12.8 Å². The molecule has 0 saturated heterocycles. The van der Waals surface area contributed by atoms with Crippen molar-refractivity contribution in [1.29, 1.82) is 0 Å². The maximum Gasteiger partial charge on any atom is 0.244 e. The van der Waals surface area contributed by atoms with Gasteiger partial charge in [0.05, 0.1) is 24.1 Å². The van der Waals surface area contributed by atoms with Gasteiger partial charge in [-0.1, -0.05) is 23.7 Å². The first-order valence-electron chi connectivity index (χ1n) is 10.5. The molecule has 0 heterocycles. The highest BCUT2D eigenvalue weighted by molar-refractivity contribution is 7.92. The van der Waals surface area contributed by atoms with E-state index in [1.54, 1.807) is 20.8 Å².